The molecular formula is C17H10NO4-. The Kier molecular flexibility index (Phi) is 3.31. The highest BCUT2D eigenvalue weighted by Crippen LogP contribution is 2.27. The Morgan fingerprint density at radius 3 is 1.91 bits per heavy atom. The van der Waals surface area contributed by atoms with Crippen molar-refractivity contribution in [3.05, 3.63) is 71.8 Å². The molecule has 1 fully saturated rings. The van der Waals surface area contributed by atoms with Gasteiger partial charge in [-0.25, -0.2) is 4.90 Å². The molecule has 1 aliphatic rings. The molecule has 0 bridgehead atoms. The van der Waals surface area contributed by atoms with Gasteiger partial charge in [0, 0.05) is 0 Å². The number of hydrogen-bond donors (Lipinski definition) is 0. The highest BCUT2D eigenvalue weighted by atomic mass is 16.3. The standard InChI is InChI=1S/C17H11NO4/c19-14(11-7-3-1-4-8-11)13-15(20)17(22)18(16(13)21)12-9-5-2-6-10-12/h1-10,19H/p-1. The van der Waals surface area contributed by atoms with Crippen LogP contribution in [0.15, 0.2) is 66.2 Å². The largest absolute Gasteiger partial charge is 0.871 e. The van der Waals surface area contributed by atoms with Crippen molar-refractivity contribution in [1.82, 2.24) is 0 Å². The number of carbonyl (C=O) groups is 3. The predicted molar refractivity (Wildman–Crippen MR) is 77.3 cm³/mol. The van der Waals surface area contributed by atoms with Gasteiger partial charge in [0.05, 0.1) is 11.3 Å². The normalized spacial score (nSPS) is 17.1. The lowest BCUT2D eigenvalue weighted by molar-refractivity contribution is -0.244. The Morgan fingerprint density at radius 1 is 0.773 bits per heavy atom. The molecule has 0 aromatic heterocycles. The minimum atomic E-state index is -1.07. The van der Waals surface area contributed by atoms with E-state index in [-0.39, 0.29) is 11.3 Å². The van der Waals surface area contributed by atoms with Gasteiger partial charge in [-0.15, -0.1) is 0 Å². The molecule has 1 saturated heterocycles. The van der Waals surface area contributed by atoms with E-state index in [9.17, 15) is 19.5 Å². The fourth-order valence-electron chi connectivity index (χ4n) is 2.26. The van der Waals surface area contributed by atoms with E-state index >= 15 is 0 Å². The summed E-state index contributed by atoms with van der Waals surface area (Å²) in [6.07, 6.45) is 0. The van der Waals surface area contributed by atoms with Crippen LogP contribution in [0.1, 0.15) is 5.56 Å². The zero-order chi connectivity index (χ0) is 15.7. The summed E-state index contributed by atoms with van der Waals surface area (Å²) < 4.78 is 0. The molecule has 0 radical (unpaired) electrons. The van der Waals surface area contributed by atoms with E-state index in [4.69, 9.17) is 0 Å². The Hall–Kier alpha value is -3.21. The van der Waals surface area contributed by atoms with Gasteiger partial charge in [0.25, 0.3) is 11.7 Å². The summed E-state index contributed by atoms with van der Waals surface area (Å²) in [6, 6.07) is 16.0. The molecule has 0 unspecified atom stereocenters. The zero-order valence-corrected chi connectivity index (χ0v) is 11.4. The van der Waals surface area contributed by atoms with Crippen molar-refractivity contribution < 1.29 is 19.5 Å². The minimum Gasteiger partial charge on any atom is -0.871 e. The molecule has 0 N–H and O–H groups in total. The molecule has 1 heterocycles. The number of amides is 2. The molecule has 5 nitrogen and oxygen atoms in total. The highest BCUT2D eigenvalue weighted by molar-refractivity contribution is 6.64. The molecule has 22 heavy (non-hydrogen) atoms. The molecule has 1 aliphatic heterocycles. The van der Waals surface area contributed by atoms with Crippen LogP contribution in [-0.2, 0) is 14.4 Å². The van der Waals surface area contributed by atoms with Gasteiger partial charge in [-0.05, 0) is 17.7 Å². The van der Waals surface area contributed by atoms with Crippen molar-refractivity contribution in [2.75, 3.05) is 4.90 Å². The summed E-state index contributed by atoms with van der Waals surface area (Å²) in [5, 5.41) is 12.3. The molecule has 0 saturated carbocycles. The molecule has 0 spiro atoms. The monoisotopic (exact) mass is 292 g/mol. The number of Topliss-reactive ketones (excluding diaryl/α,β-unsaturated/α-hetero) is 1. The van der Waals surface area contributed by atoms with Crippen LogP contribution in [0.25, 0.3) is 5.76 Å². The van der Waals surface area contributed by atoms with Crippen LogP contribution in [0.4, 0.5) is 5.69 Å². The predicted octanol–water partition coefficient (Wildman–Crippen LogP) is 0.900. The lowest BCUT2D eigenvalue weighted by atomic mass is 10.1. The van der Waals surface area contributed by atoms with Gasteiger partial charge >= 0.3 is 5.91 Å². The Balaban J connectivity index is 2.11. The summed E-state index contributed by atoms with van der Waals surface area (Å²) >= 11 is 0. The van der Waals surface area contributed by atoms with E-state index in [1.165, 1.54) is 24.3 Å². The van der Waals surface area contributed by atoms with Crippen LogP contribution in [0.3, 0.4) is 0 Å². The molecule has 5 heteroatoms. The first-order valence-electron chi connectivity index (χ1n) is 6.56. The zero-order valence-electron chi connectivity index (χ0n) is 11.4. The number of imide groups is 1. The average molecular weight is 292 g/mol. The topological polar surface area (TPSA) is 77.5 Å². The van der Waals surface area contributed by atoms with Gasteiger partial charge in [0.1, 0.15) is 0 Å². The Labute approximate surface area is 126 Å². The van der Waals surface area contributed by atoms with Crippen molar-refractivity contribution >= 4 is 29.0 Å². The molecule has 108 valence electrons. The van der Waals surface area contributed by atoms with Crippen LogP contribution in [0.5, 0.6) is 0 Å². The first kappa shape index (κ1) is 13.8. The molecule has 3 rings (SSSR count). The van der Waals surface area contributed by atoms with Crippen LogP contribution in [-0.4, -0.2) is 17.6 Å². The van der Waals surface area contributed by atoms with Crippen molar-refractivity contribution in [2.24, 2.45) is 0 Å². The Morgan fingerprint density at radius 2 is 1.32 bits per heavy atom. The fourth-order valence-corrected chi connectivity index (χ4v) is 2.26. The minimum absolute atomic E-state index is 0.196. The van der Waals surface area contributed by atoms with Gasteiger partial charge < -0.3 is 5.11 Å². The number of benzene rings is 2. The first-order chi connectivity index (χ1) is 10.6. The number of ketones is 1. The van der Waals surface area contributed by atoms with E-state index in [1.807, 2.05) is 0 Å². The molecular weight excluding hydrogens is 282 g/mol. The quantitative estimate of drug-likeness (QED) is 0.271. The molecule has 2 aromatic rings. The number of nitrogens with zero attached hydrogens (tertiary/aromatic N) is 1. The smallest absolute Gasteiger partial charge is 0.306 e. The Bertz CT molecular complexity index is 794. The lowest BCUT2D eigenvalue weighted by Crippen LogP contribution is -2.30. The van der Waals surface area contributed by atoms with E-state index in [1.54, 1.807) is 36.4 Å². The number of anilines is 1. The summed E-state index contributed by atoms with van der Waals surface area (Å²) in [6.45, 7) is 0. The van der Waals surface area contributed by atoms with Crippen LogP contribution in [0.2, 0.25) is 0 Å². The van der Waals surface area contributed by atoms with Crippen molar-refractivity contribution in [2.45, 2.75) is 0 Å². The summed E-state index contributed by atoms with van der Waals surface area (Å²) in [7, 11) is 0. The molecule has 0 aliphatic carbocycles. The van der Waals surface area contributed by atoms with Crippen molar-refractivity contribution in [3.8, 4) is 0 Å². The van der Waals surface area contributed by atoms with Gasteiger partial charge in [-0.3, -0.25) is 14.4 Å². The van der Waals surface area contributed by atoms with E-state index in [2.05, 4.69) is 0 Å². The maximum atomic E-state index is 12.4. The van der Waals surface area contributed by atoms with Gasteiger partial charge in [0.15, 0.2) is 0 Å². The third-order valence-corrected chi connectivity index (χ3v) is 3.32. The third-order valence-electron chi connectivity index (χ3n) is 3.32. The maximum Gasteiger partial charge on any atom is 0.306 e. The van der Waals surface area contributed by atoms with Gasteiger partial charge in [-0.1, -0.05) is 54.3 Å². The van der Waals surface area contributed by atoms with Crippen molar-refractivity contribution in [3.63, 3.8) is 0 Å². The lowest BCUT2D eigenvalue weighted by Gasteiger charge is -2.15. The highest BCUT2D eigenvalue weighted by Gasteiger charge is 2.43. The molecule has 2 amide bonds. The summed E-state index contributed by atoms with van der Waals surface area (Å²) in [5.74, 6) is -3.68. The number of rotatable bonds is 2. The summed E-state index contributed by atoms with van der Waals surface area (Å²) in [4.78, 5) is 37.2. The number of para-hydroxylation sites is 1. The fraction of sp³-hybridized carbons (Fsp3) is 0. The van der Waals surface area contributed by atoms with Gasteiger partial charge in [-0.2, -0.15) is 0 Å². The van der Waals surface area contributed by atoms with Crippen molar-refractivity contribution in [1.29, 1.82) is 0 Å². The van der Waals surface area contributed by atoms with E-state index in [0.717, 1.165) is 4.90 Å². The molecule has 2 aromatic carbocycles. The second-order valence-corrected chi connectivity index (χ2v) is 4.68. The second kappa shape index (κ2) is 5.29. The number of carbonyl (C=O) groups excluding carboxylic acids is 3. The average Bonchev–Trinajstić information content (AvgIpc) is 2.78. The first-order valence-corrected chi connectivity index (χ1v) is 6.56. The number of hydrogen-bond acceptors (Lipinski definition) is 4. The van der Waals surface area contributed by atoms with Crippen LogP contribution >= 0.6 is 0 Å². The maximum absolute atomic E-state index is 12.4. The van der Waals surface area contributed by atoms with Crippen LogP contribution < -0.4 is 10.0 Å². The van der Waals surface area contributed by atoms with Gasteiger partial charge in [0.2, 0.25) is 0 Å². The van der Waals surface area contributed by atoms with E-state index < -0.39 is 28.9 Å². The third kappa shape index (κ3) is 2.09. The van der Waals surface area contributed by atoms with Crippen LogP contribution in [0, 0.1) is 0 Å². The summed E-state index contributed by atoms with van der Waals surface area (Å²) in [5.41, 5.74) is -0.149. The molecule has 0 atom stereocenters. The second-order valence-electron chi connectivity index (χ2n) is 4.68. The SMILES string of the molecule is O=C1C(=O)N(c2ccccc2)C(=O)C1=C([O-])c1ccccc1. The van der Waals surface area contributed by atoms with E-state index in [0.29, 0.717) is 0 Å².